The minimum absolute atomic E-state index is 0.358. The average Bonchev–Trinajstić information content (AvgIpc) is 2.77. The third-order valence-electron chi connectivity index (χ3n) is 2.18. The van der Waals surface area contributed by atoms with E-state index in [1.807, 2.05) is 6.92 Å². The summed E-state index contributed by atoms with van der Waals surface area (Å²) in [5, 5.41) is 3.60. The molecule has 1 aromatic carbocycles. The molecule has 6 nitrogen and oxygen atoms in total. The quantitative estimate of drug-likeness (QED) is 0.869. The first-order chi connectivity index (χ1) is 8.24. The molecular weight excluding hydrogens is 224 g/mol. The maximum absolute atomic E-state index is 10.8. The van der Waals surface area contributed by atoms with Crippen LogP contribution < -0.4 is 15.2 Å². The highest BCUT2D eigenvalue weighted by Gasteiger charge is 2.09. The highest BCUT2D eigenvalue weighted by atomic mass is 16.5. The fourth-order valence-corrected chi connectivity index (χ4v) is 1.44. The summed E-state index contributed by atoms with van der Waals surface area (Å²) in [4.78, 5) is 13.3. The Morgan fingerprint density at radius 3 is 2.82 bits per heavy atom. The molecule has 0 radical (unpaired) electrons. The molecule has 0 bridgehead atoms. The van der Waals surface area contributed by atoms with Crippen LogP contribution in [0.2, 0.25) is 0 Å². The number of aromatic nitrogens is 2. The van der Waals surface area contributed by atoms with Crippen molar-refractivity contribution < 1.29 is 14.0 Å². The van der Waals surface area contributed by atoms with Crippen LogP contribution in [-0.2, 0) is 0 Å². The number of methoxy groups -OCH3 is 1. The molecule has 0 aliphatic rings. The summed E-state index contributed by atoms with van der Waals surface area (Å²) in [6.07, 6.45) is 0. The highest BCUT2D eigenvalue weighted by Crippen LogP contribution is 2.30. The van der Waals surface area contributed by atoms with Crippen molar-refractivity contribution in [3.63, 3.8) is 0 Å². The van der Waals surface area contributed by atoms with Crippen LogP contribution in [0.15, 0.2) is 27.5 Å². The number of hydrogen-bond acceptors (Lipinski definition) is 5. The molecule has 1 heterocycles. The highest BCUT2D eigenvalue weighted by molar-refractivity contribution is 5.60. The molecule has 0 atom stereocenters. The largest absolute Gasteiger partial charge is 0.493 e. The Bertz CT molecular complexity index is 559. The predicted molar refractivity (Wildman–Crippen MR) is 60.3 cm³/mol. The van der Waals surface area contributed by atoms with Crippen molar-refractivity contribution in [2.45, 2.75) is 6.92 Å². The smallest absolute Gasteiger partial charge is 0.439 e. The summed E-state index contributed by atoms with van der Waals surface area (Å²) in [5.74, 6) is 0.988. The molecule has 0 spiro atoms. The van der Waals surface area contributed by atoms with E-state index < -0.39 is 5.76 Å². The van der Waals surface area contributed by atoms with Crippen molar-refractivity contribution in [3.8, 4) is 22.9 Å². The molecule has 1 aromatic heterocycles. The van der Waals surface area contributed by atoms with E-state index >= 15 is 0 Å². The van der Waals surface area contributed by atoms with E-state index in [1.54, 1.807) is 25.3 Å². The minimum atomic E-state index is -0.590. The lowest BCUT2D eigenvalue weighted by Gasteiger charge is -2.09. The minimum Gasteiger partial charge on any atom is -0.493 e. The number of H-pyrrole nitrogens is 1. The van der Waals surface area contributed by atoms with E-state index in [4.69, 9.17) is 9.47 Å². The van der Waals surface area contributed by atoms with E-state index in [2.05, 4.69) is 14.7 Å². The van der Waals surface area contributed by atoms with Gasteiger partial charge in [0.05, 0.1) is 13.7 Å². The van der Waals surface area contributed by atoms with Gasteiger partial charge in [0, 0.05) is 5.56 Å². The molecule has 0 fully saturated rings. The number of aromatic amines is 1. The molecule has 0 aliphatic heterocycles. The first kappa shape index (κ1) is 11.3. The van der Waals surface area contributed by atoms with Crippen molar-refractivity contribution in [1.82, 2.24) is 10.1 Å². The van der Waals surface area contributed by atoms with Crippen molar-refractivity contribution in [2.75, 3.05) is 13.7 Å². The third-order valence-corrected chi connectivity index (χ3v) is 2.18. The number of nitrogens with zero attached hydrogens (tertiary/aromatic N) is 1. The van der Waals surface area contributed by atoms with Gasteiger partial charge in [-0.3, -0.25) is 9.51 Å². The van der Waals surface area contributed by atoms with Gasteiger partial charge in [-0.2, -0.15) is 0 Å². The zero-order chi connectivity index (χ0) is 12.3. The second-order valence-corrected chi connectivity index (χ2v) is 3.24. The lowest BCUT2D eigenvalue weighted by Crippen LogP contribution is -1.97. The summed E-state index contributed by atoms with van der Waals surface area (Å²) in [6, 6.07) is 5.24. The van der Waals surface area contributed by atoms with Crippen LogP contribution in [0.3, 0.4) is 0 Å². The van der Waals surface area contributed by atoms with Crippen LogP contribution in [0, 0.1) is 0 Å². The van der Waals surface area contributed by atoms with Crippen molar-refractivity contribution in [1.29, 1.82) is 0 Å². The van der Waals surface area contributed by atoms with Crippen LogP contribution in [0.5, 0.6) is 11.5 Å². The second kappa shape index (κ2) is 4.73. The summed E-state index contributed by atoms with van der Waals surface area (Å²) in [6.45, 7) is 2.44. The number of rotatable bonds is 4. The van der Waals surface area contributed by atoms with Crippen LogP contribution in [0.4, 0.5) is 0 Å². The van der Waals surface area contributed by atoms with Gasteiger partial charge in [-0.1, -0.05) is 5.16 Å². The second-order valence-electron chi connectivity index (χ2n) is 3.24. The Balaban J connectivity index is 2.40. The number of ether oxygens (including phenoxy) is 2. The van der Waals surface area contributed by atoms with Crippen LogP contribution in [-0.4, -0.2) is 23.9 Å². The molecule has 17 heavy (non-hydrogen) atoms. The first-order valence-corrected chi connectivity index (χ1v) is 5.11. The van der Waals surface area contributed by atoms with E-state index in [0.29, 0.717) is 29.5 Å². The summed E-state index contributed by atoms with van der Waals surface area (Å²) < 4.78 is 15.0. The fourth-order valence-electron chi connectivity index (χ4n) is 1.44. The molecule has 0 saturated heterocycles. The molecule has 6 heteroatoms. The first-order valence-electron chi connectivity index (χ1n) is 5.11. The van der Waals surface area contributed by atoms with E-state index in [1.165, 1.54) is 0 Å². The van der Waals surface area contributed by atoms with Gasteiger partial charge in [-0.15, -0.1) is 0 Å². The van der Waals surface area contributed by atoms with Crippen LogP contribution in [0.25, 0.3) is 11.4 Å². The average molecular weight is 236 g/mol. The molecule has 0 saturated carbocycles. The van der Waals surface area contributed by atoms with Gasteiger partial charge in [0.25, 0.3) is 0 Å². The molecule has 0 amide bonds. The lowest BCUT2D eigenvalue weighted by atomic mass is 10.2. The molecule has 2 aromatic rings. The Morgan fingerprint density at radius 1 is 1.41 bits per heavy atom. The zero-order valence-corrected chi connectivity index (χ0v) is 9.52. The Morgan fingerprint density at radius 2 is 2.24 bits per heavy atom. The lowest BCUT2D eigenvalue weighted by molar-refractivity contribution is 0.311. The molecular formula is C11H12N2O4. The van der Waals surface area contributed by atoms with Crippen molar-refractivity contribution in [2.24, 2.45) is 0 Å². The van der Waals surface area contributed by atoms with Crippen LogP contribution >= 0.6 is 0 Å². The number of benzene rings is 1. The van der Waals surface area contributed by atoms with Gasteiger partial charge in [-0.25, -0.2) is 4.79 Å². The molecule has 1 N–H and O–H groups in total. The monoisotopic (exact) mass is 236 g/mol. The molecule has 2 rings (SSSR count). The SMILES string of the molecule is CCOc1ccc(-c2noc(=O)[nH]2)cc1OC. The van der Waals surface area contributed by atoms with Crippen molar-refractivity contribution >= 4 is 0 Å². The Labute approximate surface area is 97.2 Å². The van der Waals surface area contributed by atoms with Gasteiger partial charge in [0.1, 0.15) is 0 Å². The topological polar surface area (TPSA) is 77.4 Å². The Hall–Kier alpha value is -2.24. The summed E-state index contributed by atoms with van der Waals surface area (Å²) in [7, 11) is 1.55. The molecule has 90 valence electrons. The summed E-state index contributed by atoms with van der Waals surface area (Å²) >= 11 is 0. The summed E-state index contributed by atoms with van der Waals surface area (Å²) in [5.41, 5.74) is 0.691. The van der Waals surface area contributed by atoms with Gasteiger partial charge < -0.3 is 9.47 Å². The normalized spacial score (nSPS) is 10.2. The van der Waals surface area contributed by atoms with Gasteiger partial charge in [0.2, 0.25) is 0 Å². The predicted octanol–water partition coefficient (Wildman–Crippen LogP) is 1.44. The molecule has 0 aliphatic carbocycles. The zero-order valence-electron chi connectivity index (χ0n) is 9.52. The maximum Gasteiger partial charge on any atom is 0.439 e. The Kier molecular flexibility index (Phi) is 3.13. The van der Waals surface area contributed by atoms with E-state index in [9.17, 15) is 4.79 Å². The van der Waals surface area contributed by atoms with E-state index in [0.717, 1.165) is 0 Å². The van der Waals surface area contributed by atoms with Crippen molar-refractivity contribution in [3.05, 3.63) is 28.7 Å². The van der Waals surface area contributed by atoms with E-state index in [-0.39, 0.29) is 0 Å². The number of hydrogen-bond donors (Lipinski definition) is 1. The van der Waals surface area contributed by atoms with Gasteiger partial charge in [-0.05, 0) is 25.1 Å². The third kappa shape index (κ3) is 2.30. The maximum atomic E-state index is 10.8. The standard InChI is InChI=1S/C11H12N2O4/c1-3-16-8-5-4-7(6-9(8)15-2)10-12-11(14)17-13-10/h4-6H,3H2,1-2H3,(H,12,13,14). The van der Waals surface area contributed by atoms with Gasteiger partial charge >= 0.3 is 5.76 Å². The molecule has 0 unspecified atom stereocenters. The van der Waals surface area contributed by atoms with Gasteiger partial charge in [0.15, 0.2) is 17.3 Å². The van der Waals surface area contributed by atoms with Crippen LogP contribution in [0.1, 0.15) is 6.92 Å². The number of nitrogens with one attached hydrogen (secondary N) is 1. The fraction of sp³-hybridized carbons (Fsp3) is 0.273.